The van der Waals surface area contributed by atoms with Crippen LogP contribution in [0.25, 0.3) is 11.3 Å². The molecule has 1 heterocycles. The molecule has 0 aliphatic heterocycles. The molecule has 5 nitrogen and oxygen atoms in total. The third kappa shape index (κ3) is 5.76. The minimum absolute atomic E-state index is 0.0972. The Balaban J connectivity index is 1.42. The summed E-state index contributed by atoms with van der Waals surface area (Å²) >= 11 is 1.57. The van der Waals surface area contributed by atoms with Crippen molar-refractivity contribution in [1.29, 1.82) is 0 Å². The number of hydrogen-bond donors (Lipinski definition) is 1. The van der Waals surface area contributed by atoms with Crippen LogP contribution in [0.5, 0.6) is 23.0 Å². The van der Waals surface area contributed by atoms with Gasteiger partial charge in [-0.25, -0.2) is 4.79 Å². The van der Waals surface area contributed by atoms with Crippen molar-refractivity contribution in [3.05, 3.63) is 142 Å². The molecule has 0 fully saturated rings. The van der Waals surface area contributed by atoms with E-state index in [-0.39, 0.29) is 17.1 Å². The summed E-state index contributed by atoms with van der Waals surface area (Å²) in [7, 11) is 1.59. The monoisotopic (exact) mass is 522 g/mol. The zero-order chi connectivity index (χ0) is 26.3. The van der Waals surface area contributed by atoms with E-state index < -0.39 is 10.9 Å². The van der Waals surface area contributed by atoms with Crippen LogP contribution in [0.4, 0.5) is 0 Å². The SMILES string of the molecule is COc1ccccc1Oc1ccc(-c2cc(O)c(C(SCc3ccccc3)c3ccccc3)c(=O)o2)cc1. The van der Waals surface area contributed by atoms with Gasteiger partial charge in [0, 0.05) is 17.4 Å². The molecule has 1 unspecified atom stereocenters. The number of rotatable bonds is 9. The molecular formula is C32H26O5S. The molecule has 38 heavy (non-hydrogen) atoms. The van der Waals surface area contributed by atoms with Crippen LogP contribution in [-0.4, -0.2) is 12.2 Å². The van der Waals surface area contributed by atoms with E-state index in [0.717, 1.165) is 11.1 Å². The van der Waals surface area contributed by atoms with Crippen molar-refractivity contribution < 1.29 is 19.0 Å². The Kier molecular flexibility index (Phi) is 7.81. The molecule has 0 saturated carbocycles. The van der Waals surface area contributed by atoms with E-state index >= 15 is 0 Å². The van der Waals surface area contributed by atoms with Crippen LogP contribution in [0.1, 0.15) is 21.9 Å². The van der Waals surface area contributed by atoms with Gasteiger partial charge in [0.2, 0.25) is 0 Å². The molecule has 0 amide bonds. The first-order valence-corrected chi connectivity index (χ1v) is 13.2. The first kappa shape index (κ1) is 25.2. The molecule has 0 aliphatic carbocycles. The zero-order valence-corrected chi connectivity index (χ0v) is 21.6. The van der Waals surface area contributed by atoms with Gasteiger partial charge in [-0.2, -0.15) is 0 Å². The quantitative estimate of drug-likeness (QED) is 0.213. The topological polar surface area (TPSA) is 68.9 Å². The van der Waals surface area contributed by atoms with Crippen molar-refractivity contribution in [1.82, 2.24) is 0 Å². The standard InChI is InChI=1S/C32H26O5S/c1-35-27-14-8-9-15-28(27)36-25-18-16-23(17-19-25)29-20-26(33)30(32(34)37-29)31(24-12-6-3-7-13-24)38-21-22-10-4-2-5-11-22/h2-20,31,33H,21H2,1H3. The highest BCUT2D eigenvalue weighted by molar-refractivity contribution is 7.98. The van der Waals surface area contributed by atoms with Crippen molar-refractivity contribution in [2.24, 2.45) is 0 Å². The van der Waals surface area contributed by atoms with Gasteiger partial charge < -0.3 is 19.0 Å². The normalized spacial score (nSPS) is 11.6. The minimum Gasteiger partial charge on any atom is -0.507 e. The number of methoxy groups -OCH3 is 1. The van der Waals surface area contributed by atoms with Crippen molar-refractivity contribution in [2.75, 3.05) is 7.11 Å². The first-order valence-electron chi connectivity index (χ1n) is 12.1. The summed E-state index contributed by atoms with van der Waals surface area (Å²) in [4.78, 5) is 13.3. The Morgan fingerprint density at radius 2 is 1.45 bits per heavy atom. The van der Waals surface area contributed by atoms with Crippen molar-refractivity contribution >= 4 is 11.8 Å². The fraction of sp³-hybridized carbons (Fsp3) is 0.0938. The van der Waals surface area contributed by atoms with Gasteiger partial charge in [-0.3, -0.25) is 0 Å². The second-order valence-electron chi connectivity index (χ2n) is 8.56. The lowest BCUT2D eigenvalue weighted by Gasteiger charge is -2.18. The summed E-state index contributed by atoms with van der Waals surface area (Å²) in [6, 6.07) is 35.7. The molecule has 1 atom stereocenters. The number of para-hydroxylation sites is 2. The van der Waals surface area contributed by atoms with Crippen molar-refractivity contribution in [2.45, 2.75) is 11.0 Å². The van der Waals surface area contributed by atoms with E-state index in [1.807, 2.05) is 84.9 Å². The van der Waals surface area contributed by atoms with E-state index in [1.165, 1.54) is 6.07 Å². The Morgan fingerprint density at radius 1 is 0.816 bits per heavy atom. The number of benzene rings is 4. The fourth-order valence-electron chi connectivity index (χ4n) is 4.12. The number of hydrogen-bond acceptors (Lipinski definition) is 6. The maximum atomic E-state index is 13.3. The van der Waals surface area contributed by atoms with Gasteiger partial charge in [0.1, 0.15) is 17.3 Å². The van der Waals surface area contributed by atoms with Gasteiger partial charge in [0.25, 0.3) is 0 Å². The highest BCUT2D eigenvalue weighted by Crippen LogP contribution is 2.41. The Hall–Kier alpha value is -4.42. The second kappa shape index (κ2) is 11.8. The molecule has 190 valence electrons. The summed E-state index contributed by atoms with van der Waals surface area (Å²) in [5.74, 6) is 2.68. The lowest BCUT2D eigenvalue weighted by atomic mass is 10.0. The third-order valence-electron chi connectivity index (χ3n) is 6.03. The molecule has 0 radical (unpaired) electrons. The van der Waals surface area contributed by atoms with Crippen molar-refractivity contribution in [3.63, 3.8) is 0 Å². The summed E-state index contributed by atoms with van der Waals surface area (Å²) in [5.41, 5.74) is 2.36. The predicted molar refractivity (Wildman–Crippen MR) is 151 cm³/mol. The van der Waals surface area contributed by atoms with E-state index in [4.69, 9.17) is 13.9 Å². The molecule has 1 aromatic heterocycles. The average Bonchev–Trinajstić information content (AvgIpc) is 2.96. The van der Waals surface area contributed by atoms with Gasteiger partial charge in [0.05, 0.1) is 17.9 Å². The molecular weight excluding hydrogens is 496 g/mol. The van der Waals surface area contributed by atoms with Crippen molar-refractivity contribution in [3.8, 4) is 34.3 Å². The van der Waals surface area contributed by atoms with Crippen LogP contribution in [0.15, 0.2) is 124 Å². The summed E-state index contributed by atoms with van der Waals surface area (Å²) in [6.07, 6.45) is 0. The summed E-state index contributed by atoms with van der Waals surface area (Å²) < 4.78 is 17.0. The highest BCUT2D eigenvalue weighted by atomic mass is 32.2. The van der Waals surface area contributed by atoms with Crippen LogP contribution in [0.3, 0.4) is 0 Å². The Labute approximate surface area is 225 Å². The predicted octanol–water partition coefficient (Wildman–Crippen LogP) is 7.84. The van der Waals surface area contributed by atoms with Gasteiger partial charge in [0.15, 0.2) is 11.5 Å². The first-order chi connectivity index (χ1) is 18.6. The lowest BCUT2D eigenvalue weighted by molar-refractivity contribution is 0.379. The highest BCUT2D eigenvalue weighted by Gasteiger charge is 2.24. The lowest BCUT2D eigenvalue weighted by Crippen LogP contribution is -2.12. The fourth-order valence-corrected chi connectivity index (χ4v) is 5.40. The molecule has 0 saturated heterocycles. The minimum atomic E-state index is -0.566. The van der Waals surface area contributed by atoms with Gasteiger partial charge in [-0.1, -0.05) is 72.8 Å². The van der Waals surface area contributed by atoms with E-state index in [0.29, 0.717) is 28.6 Å². The smallest absolute Gasteiger partial charge is 0.344 e. The molecule has 0 bridgehead atoms. The van der Waals surface area contributed by atoms with Crippen LogP contribution >= 0.6 is 11.8 Å². The van der Waals surface area contributed by atoms with Crippen LogP contribution in [0, 0.1) is 0 Å². The van der Waals surface area contributed by atoms with Gasteiger partial charge in [-0.15, -0.1) is 11.8 Å². The number of thioether (sulfide) groups is 1. The summed E-state index contributed by atoms with van der Waals surface area (Å²) in [5, 5.41) is 10.7. The van der Waals surface area contributed by atoms with Crippen LogP contribution in [-0.2, 0) is 5.75 Å². The van der Waals surface area contributed by atoms with Crippen LogP contribution in [0.2, 0.25) is 0 Å². The number of ether oxygens (including phenoxy) is 2. The van der Waals surface area contributed by atoms with Gasteiger partial charge >= 0.3 is 5.63 Å². The zero-order valence-electron chi connectivity index (χ0n) is 20.7. The average molecular weight is 523 g/mol. The van der Waals surface area contributed by atoms with E-state index in [2.05, 4.69) is 0 Å². The molecule has 0 spiro atoms. The largest absolute Gasteiger partial charge is 0.507 e. The second-order valence-corrected chi connectivity index (χ2v) is 9.66. The van der Waals surface area contributed by atoms with Gasteiger partial charge in [-0.05, 0) is 47.5 Å². The third-order valence-corrected chi connectivity index (χ3v) is 7.37. The van der Waals surface area contributed by atoms with E-state index in [1.54, 1.807) is 43.1 Å². The maximum absolute atomic E-state index is 13.3. The van der Waals surface area contributed by atoms with E-state index in [9.17, 15) is 9.90 Å². The molecule has 5 aromatic rings. The molecule has 1 N–H and O–H groups in total. The maximum Gasteiger partial charge on any atom is 0.344 e. The Bertz CT molecular complexity index is 1550. The molecule has 6 heteroatoms. The molecule has 4 aromatic carbocycles. The molecule has 0 aliphatic rings. The molecule has 5 rings (SSSR count). The number of aromatic hydroxyl groups is 1. The summed E-state index contributed by atoms with van der Waals surface area (Å²) in [6.45, 7) is 0. The Morgan fingerprint density at radius 3 is 2.11 bits per heavy atom. The van der Waals surface area contributed by atoms with Crippen LogP contribution < -0.4 is 15.1 Å².